The number of nitrogens with zero attached hydrogens (tertiary/aromatic N) is 3. The standard InChI is InChI=1S/C56H65F3N6O6S/c1-33-22-42-41-15-8-9-16-45(41)62-49(42)50(65(33)31-56(6,7)59)48-43(57)25-40(26-44(48)58)71-29-37-13-10-12-35(23-37)14-11-21-70-30-47(67)63-52(55(3,4)5)54(69)64-28-39(66)24-46(64)53(68)60-27-36-17-19-38(20-18-36)51-34(2)61-32-72-51/h8-10,12-13,15-20,23,25-26,32-33,39,46,50,52,62,66H,11,14,21-22,24,27-31H2,1-7H3,(H,60,68)(H,63,67)/t33-,39-,46+,50-,52?/m1/s1. The second-order valence-corrected chi connectivity index (χ2v) is 21.8. The zero-order valence-electron chi connectivity index (χ0n) is 42.0. The predicted octanol–water partition coefficient (Wildman–Crippen LogP) is 9.30. The van der Waals surface area contributed by atoms with Crippen molar-refractivity contribution in [1.82, 2.24) is 30.4 Å². The molecule has 72 heavy (non-hydrogen) atoms. The van der Waals surface area contributed by atoms with Crippen LogP contribution in [0.2, 0.25) is 0 Å². The number of halogens is 3. The van der Waals surface area contributed by atoms with Crippen molar-refractivity contribution in [2.75, 3.05) is 26.3 Å². The molecule has 0 radical (unpaired) electrons. The number of carbonyl (C=O) groups is 3. The first-order valence-corrected chi connectivity index (χ1v) is 25.5. The molecular formula is C56H65F3N6O6S. The van der Waals surface area contributed by atoms with E-state index in [2.05, 4.69) is 20.6 Å². The molecule has 2 aliphatic heterocycles. The Morgan fingerprint density at radius 2 is 1.68 bits per heavy atom. The summed E-state index contributed by atoms with van der Waals surface area (Å²) in [6.45, 7) is 12.5. The van der Waals surface area contributed by atoms with Gasteiger partial charge in [0.1, 0.15) is 48.4 Å². The van der Waals surface area contributed by atoms with Gasteiger partial charge in [0, 0.05) is 73.0 Å². The van der Waals surface area contributed by atoms with Crippen molar-refractivity contribution < 1.29 is 42.1 Å². The molecule has 1 saturated heterocycles. The van der Waals surface area contributed by atoms with Gasteiger partial charge in [0.2, 0.25) is 17.7 Å². The fourth-order valence-corrected chi connectivity index (χ4v) is 10.8. The van der Waals surface area contributed by atoms with Crippen molar-refractivity contribution in [2.24, 2.45) is 5.41 Å². The van der Waals surface area contributed by atoms with E-state index in [1.165, 1.54) is 30.9 Å². The molecule has 6 aromatic rings. The van der Waals surface area contributed by atoms with Crippen LogP contribution in [-0.4, -0.2) is 98.8 Å². The summed E-state index contributed by atoms with van der Waals surface area (Å²) in [7, 11) is 0. The number of benzene rings is 4. The molecule has 8 rings (SSSR count). The zero-order valence-corrected chi connectivity index (χ0v) is 42.8. The summed E-state index contributed by atoms with van der Waals surface area (Å²) in [6.07, 6.45) is 0.969. The molecule has 1 fully saturated rings. The molecule has 0 bridgehead atoms. The molecule has 382 valence electrons. The van der Waals surface area contributed by atoms with E-state index in [-0.39, 0.29) is 69.1 Å². The van der Waals surface area contributed by atoms with E-state index in [4.69, 9.17) is 9.47 Å². The van der Waals surface area contributed by atoms with Crippen molar-refractivity contribution in [3.8, 4) is 16.2 Å². The van der Waals surface area contributed by atoms with Gasteiger partial charge in [-0.25, -0.2) is 18.2 Å². The van der Waals surface area contributed by atoms with Gasteiger partial charge in [0.25, 0.3) is 0 Å². The first-order chi connectivity index (χ1) is 34.2. The number of aromatic amines is 1. The molecule has 0 aliphatic carbocycles. The SMILES string of the molecule is Cc1ncsc1-c1ccc(CNC(=O)[C@@H]2C[C@@H](O)CN2C(=O)C(NC(=O)COCCCc2cccc(COc3cc(F)c([C@@H]4c5[nH]c6ccccc6c5C[C@@H](C)N4CC(C)(C)F)c(F)c3)c2)C(C)(C)C)cc1. The molecule has 0 saturated carbocycles. The molecule has 2 aromatic heterocycles. The summed E-state index contributed by atoms with van der Waals surface area (Å²) in [5.74, 6) is -2.87. The smallest absolute Gasteiger partial charge is 0.246 e. The lowest BCUT2D eigenvalue weighted by molar-refractivity contribution is -0.144. The largest absolute Gasteiger partial charge is 0.489 e. The van der Waals surface area contributed by atoms with Gasteiger partial charge in [0.15, 0.2) is 0 Å². The highest BCUT2D eigenvalue weighted by Gasteiger charge is 2.45. The maximum Gasteiger partial charge on any atom is 0.246 e. The molecule has 12 nitrogen and oxygen atoms in total. The lowest BCUT2D eigenvalue weighted by atomic mass is 9.85. The van der Waals surface area contributed by atoms with Gasteiger partial charge < -0.3 is 35.1 Å². The van der Waals surface area contributed by atoms with Crippen LogP contribution in [0.15, 0.2) is 90.4 Å². The minimum Gasteiger partial charge on any atom is -0.489 e. The van der Waals surface area contributed by atoms with Crippen LogP contribution >= 0.6 is 11.3 Å². The van der Waals surface area contributed by atoms with Crippen LogP contribution in [0.3, 0.4) is 0 Å². The number of aliphatic hydroxyl groups excluding tert-OH is 1. The molecule has 3 amide bonds. The van der Waals surface area contributed by atoms with Crippen molar-refractivity contribution in [3.63, 3.8) is 0 Å². The second kappa shape index (κ2) is 22.0. The lowest BCUT2D eigenvalue weighted by Crippen LogP contribution is -2.58. The van der Waals surface area contributed by atoms with E-state index in [1.54, 1.807) is 16.8 Å². The lowest BCUT2D eigenvalue weighted by Gasteiger charge is -2.43. The van der Waals surface area contributed by atoms with Crippen LogP contribution in [0.1, 0.15) is 99.6 Å². The highest BCUT2D eigenvalue weighted by molar-refractivity contribution is 7.13. The zero-order chi connectivity index (χ0) is 51.5. The van der Waals surface area contributed by atoms with Crippen molar-refractivity contribution in [2.45, 2.75) is 123 Å². The number of alkyl halides is 1. The van der Waals surface area contributed by atoms with E-state index in [1.807, 2.05) is 112 Å². The van der Waals surface area contributed by atoms with Crippen molar-refractivity contribution in [3.05, 3.63) is 141 Å². The number of thiazole rings is 1. The van der Waals surface area contributed by atoms with Crippen LogP contribution in [-0.2, 0) is 45.1 Å². The number of likely N-dealkylation sites (tertiary alicyclic amines) is 1. The Morgan fingerprint density at radius 3 is 2.38 bits per heavy atom. The monoisotopic (exact) mass is 1010 g/mol. The number of β-amino-alcohol motifs (C(OH)–C–C–N with tert-alkyl or cyclic N) is 1. The predicted molar refractivity (Wildman–Crippen MR) is 273 cm³/mol. The number of ether oxygens (including phenoxy) is 2. The molecule has 2 aliphatic rings. The Morgan fingerprint density at radius 1 is 0.958 bits per heavy atom. The Balaban J connectivity index is 0.818. The van der Waals surface area contributed by atoms with Crippen LogP contribution in [0.4, 0.5) is 13.2 Å². The maximum atomic E-state index is 16.3. The van der Waals surface area contributed by atoms with Crippen molar-refractivity contribution in [1.29, 1.82) is 0 Å². The molecule has 4 N–H and O–H groups in total. The third kappa shape index (κ3) is 12.2. The summed E-state index contributed by atoms with van der Waals surface area (Å²) in [5, 5.41) is 17.4. The Hall–Kier alpha value is -6.07. The first-order valence-electron chi connectivity index (χ1n) is 24.6. The van der Waals surface area contributed by atoms with Crippen LogP contribution in [0.5, 0.6) is 5.75 Å². The molecule has 4 aromatic carbocycles. The number of amides is 3. The average molecular weight is 1010 g/mol. The Bertz CT molecular complexity index is 2870. The highest BCUT2D eigenvalue weighted by Crippen LogP contribution is 2.44. The number of aromatic nitrogens is 2. The van der Waals surface area contributed by atoms with Gasteiger partial charge in [0.05, 0.1) is 28.2 Å². The van der Waals surface area contributed by atoms with Crippen LogP contribution in [0, 0.1) is 24.0 Å². The van der Waals surface area contributed by atoms with Gasteiger partial charge in [-0.15, -0.1) is 11.3 Å². The summed E-state index contributed by atoms with van der Waals surface area (Å²) < 4.78 is 59.5. The van der Waals surface area contributed by atoms with Crippen LogP contribution < -0.4 is 15.4 Å². The number of aliphatic hydroxyl groups is 1. The fourth-order valence-electron chi connectivity index (χ4n) is 9.97. The van der Waals surface area contributed by atoms with Crippen LogP contribution in [0.25, 0.3) is 21.3 Å². The maximum absolute atomic E-state index is 16.3. The normalized spacial score (nSPS) is 18.8. The molecule has 4 heterocycles. The quantitative estimate of drug-likeness (QED) is 0.0623. The van der Waals surface area contributed by atoms with E-state index < -0.39 is 58.8 Å². The summed E-state index contributed by atoms with van der Waals surface area (Å²) in [6, 6.07) is 22.6. The number of para-hydroxylation sites is 1. The number of carbonyl (C=O) groups excluding carboxylic acids is 3. The van der Waals surface area contributed by atoms with Gasteiger partial charge in [-0.2, -0.15) is 0 Å². The van der Waals surface area contributed by atoms with E-state index in [9.17, 15) is 19.5 Å². The molecule has 5 atom stereocenters. The van der Waals surface area contributed by atoms with Gasteiger partial charge >= 0.3 is 0 Å². The van der Waals surface area contributed by atoms with Gasteiger partial charge in [-0.3, -0.25) is 19.3 Å². The number of rotatable bonds is 18. The van der Waals surface area contributed by atoms with E-state index in [0.717, 1.165) is 49.3 Å². The topological polar surface area (TPSA) is 149 Å². The average Bonchev–Trinajstić information content (AvgIpc) is 4.05. The van der Waals surface area contributed by atoms with Crippen molar-refractivity contribution >= 4 is 40.0 Å². The number of H-pyrrole nitrogens is 1. The first kappa shape index (κ1) is 52.3. The summed E-state index contributed by atoms with van der Waals surface area (Å²) in [4.78, 5) is 52.8. The highest BCUT2D eigenvalue weighted by atomic mass is 32.1. The second-order valence-electron chi connectivity index (χ2n) is 20.9. The van der Waals surface area contributed by atoms with Gasteiger partial charge in [-0.05, 0) is 86.3 Å². The molecule has 0 spiro atoms. The molecular weight excluding hydrogens is 942 g/mol. The number of aryl methyl sites for hydroxylation is 2. The summed E-state index contributed by atoms with van der Waals surface area (Å²) >= 11 is 1.56. The number of nitrogens with one attached hydrogen (secondary N) is 3. The Kier molecular flexibility index (Phi) is 15.9. The third-order valence-electron chi connectivity index (χ3n) is 13.5. The summed E-state index contributed by atoms with van der Waals surface area (Å²) in [5.41, 5.74) is 6.42. The minimum atomic E-state index is -1.61. The molecule has 16 heteroatoms. The number of hydrogen-bond donors (Lipinski definition) is 4. The Labute approximate surface area is 423 Å². The number of hydrogen-bond acceptors (Lipinski definition) is 9. The third-order valence-corrected chi connectivity index (χ3v) is 14.5. The fraction of sp³-hybridized carbons (Fsp3) is 0.429. The minimum absolute atomic E-state index is 0.0216. The number of fused-ring (bicyclic) bond motifs is 3. The van der Waals surface area contributed by atoms with E-state index in [0.29, 0.717) is 25.0 Å². The van der Waals surface area contributed by atoms with Gasteiger partial charge in [-0.1, -0.05) is 87.5 Å². The van der Waals surface area contributed by atoms with E-state index >= 15 is 13.2 Å². The molecule has 1 unspecified atom stereocenters.